The van der Waals surface area contributed by atoms with Gasteiger partial charge in [0.2, 0.25) is 27.7 Å². The number of benzene rings is 1. The number of ether oxygens (including phenoxy) is 4. The van der Waals surface area contributed by atoms with Gasteiger partial charge < -0.3 is 34.5 Å². The van der Waals surface area contributed by atoms with Gasteiger partial charge in [-0.05, 0) is 65.4 Å². The molecule has 2 aromatic rings. The van der Waals surface area contributed by atoms with Crippen molar-refractivity contribution in [2.45, 2.75) is 125 Å². The Morgan fingerprint density at radius 1 is 1.17 bits per heavy atom. The molecule has 318 valence electrons. The summed E-state index contributed by atoms with van der Waals surface area (Å²) in [6.45, 7) is 4.08. The third-order valence-corrected chi connectivity index (χ3v) is 13.5. The Balaban J connectivity index is 1.37. The van der Waals surface area contributed by atoms with Crippen LogP contribution in [0, 0.1) is 5.92 Å². The second kappa shape index (κ2) is 16.5. The Kier molecular flexibility index (Phi) is 12.2. The molecular weight excluding hydrogens is 788 g/mol. The number of alkyl carbamates (subject to hydrolysis) is 1. The van der Waals surface area contributed by atoms with E-state index < -0.39 is 99.1 Å². The van der Waals surface area contributed by atoms with Crippen LogP contribution in [0.25, 0.3) is 10.8 Å². The van der Waals surface area contributed by atoms with E-state index in [9.17, 15) is 40.8 Å². The maximum atomic E-state index is 14.8. The lowest BCUT2D eigenvalue weighted by atomic mass is 10.0. The van der Waals surface area contributed by atoms with Crippen molar-refractivity contribution in [3.8, 4) is 11.6 Å². The van der Waals surface area contributed by atoms with Crippen LogP contribution in [0.15, 0.2) is 42.6 Å². The number of nitrogens with zero attached hydrogens (tertiary/aromatic N) is 2. The molecule has 1 aromatic carbocycles. The Bertz CT molecular complexity index is 2050. The Morgan fingerprint density at radius 2 is 1.88 bits per heavy atom. The van der Waals surface area contributed by atoms with E-state index in [-0.39, 0.29) is 44.5 Å². The standard InChI is InChI=1S/C39H50F3N5O10S/c1-6-28-30(44-36(51)57-37(3,4)34(41)42)33(49)47-20-24(56-32-26-14-10-9-13-25(26)29(54-5)19-43-32)17-27(47)31(48)45-39(18-23(39)12-8-7-11-22(2)55-28)35(50)46-58(52,53)38(21-40)15-16-38/h8-10,12-14,19,22-24,27-28,30,34H,6-7,11,15-18,20-21H2,1-5H3,(H,44,51)(H,45,48)(H,46,50)/b12-8-/t22-,23+,24+,27-,28-,30-,39+/m0/s1. The lowest BCUT2D eigenvalue weighted by molar-refractivity contribution is -0.145. The topological polar surface area (TPSA) is 192 Å². The highest BCUT2D eigenvalue weighted by Crippen LogP contribution is 2.48. The van der Waals surface area contributed by atoms with Crippen LogP contribution in [-0.2, 0) is 33.9 Å². The van der Waals surface area contributed by atoms with Crippen molar-refractivity contribution in [3.05, 3.63) is 42.6 Å². The van der Waals surface area contributed by atoms with Crippen molar-refractivity contribution in [3.63, 3.8) is 0 Å². The zero-order valence-electron chi connectivity index (χ0n) is 33.0. The van der Waals surface area contributed by atoms with Gasteiger partial charge in [0.15, 0.2) is 5.60 Å². The molecule has 58 heavy (non-hydrogen) atoms. The molecule has 4 aliphatic rings. The van der Waals surface area contributed by atoms with Crippen molar-refractivity contribution < 1.29 is 59.7 Å². The molecule has 19 heteroatoms. The Morgan fingerprint density at radius 3 is 2.52 bits per heavy atom. The monoisotopic (exact) mass is 837 g/mol. The summed E-state index contributed by atoms with van der Waals surface area (Å²) in [6, 6.07) is 4.22. The first-order chi connectivity index (χ1) is 27.4. The van der Waals surface area contributed by atoms with E-state index in [4.69, 9.17) is 18.9 Å². The Hall–Kier alpha value is -4.65. The molecule has 0 bridgehead atoms. The van der Waals surface area contributed by atoms with E-state index in [2.05, 4.69) is 15.6 Å². The molecule has 2 saturated carbocycles. The fraction of sp³-hybridized carbons (Fsp3) is 0.615. The van der Waals surface area contributed by atoms with Gasteiger partial charge in [0.05, 0.1) is 32.1 Å². The number of hydrogen-bond donors (Lipinski definition) is 3. The maximum Gasteiger partial charge on any atom is 0.408 e. The molecule has 1 saturated heterocycles. The zero-order valence-corrected chi connectivity index (χ0v) is 33.8. The lowest BCUT2D eigenvalue weighted by Crippen LogP contribution is -2.61. The summed E-state index contributed by atoms with van der Waals surface area (Å²) >= 11 is 0. The number of carbonyl (C=O) groups excluding carboxylic acids is 4. The average Bonchev–Trinajstić information content (AvgIpc) is 4.09. The number of methoxy groups -OCH3 is 1. The van der Waals surface area contributed by atoms with Crippen LogP contribution in [0.1, 0.15) is 72.6 Å². The number of allylic oxidation sites excluding steroid dienone is 1. The van der Waals surface area contributed by atoms with Crippen LogP contribution >= 0.6 is 0 Å². The number of hydrogen-bond acceptors (Lipinski definition) is 11. The van der Waals surface area contributed by atoms with Gasteiger partial charge in [-0.15, -0.1) is 0 Å². The number of pyridine rings is 1. The summed E-state index contributed by atoms with van der Waals surface area (Å²) in [4.78, 5) is 62.0. The number of nitrogens with one attached hydrogen (secondary N) is 3. The predicted molar refractivity (Wildman–Crippen MR) is 203 cm³/mol. The normalized spacial score (nSPS) is 29.2. The number of halogens is 3. The summed E-state index contributed by atoms with van der Waals surface area (Å²) in [5.74, 6) is -2.70. The predicted octanol–water partition coefficient (Wildman–Crippen LogP) is 4.09. The molecule has 2 aliphatic heterocycles. The molecule has 7 atom stereocenters. The number of fused-ring (bicyclic) bond motifs is 3. The molecule has 15 nitrogen and oxygen atoms in total. The lowest BCUT2D eigenvalue weighted by Gasteiger charge is -2.34. The second-order valence-electron chi connectivity index (χ2n) is 16.0. The molecule has 2 aliphatic carbocycles. The van der Waals surface area contributed by atoms with E-state index in [0.29, 0.717) is 29.4 Å². The van der Waals surface area contributed by atoms with Crippen LogP contribution < -0.4 is 24.8 Å². The first-order valence-electron chi connectivity index (χ1n) is 19.3. The van der Waals surface area contributed by atoms with Crippen molar-refractivity contribution >= 4 is 44.6 Å². The van der Waals surface area contributed by atoms with Gasteiger partial charge in [0.25, 0.3) is 12.3 Å². The minimum Gasteiger partial charge on any atom is -0.494 e. The number of rotatable bonds is 11. The number of aromatic nitrogens is 1. The highest BCUT2D eigenvalue weighted by molar-refractivity contribution is 7.91. The van der Waals surface area contributed by atoms with Crippen LogP contribution in [0.3, 0.4) is 0 Å². The van der Waals surface area contributed by atoms with Crippen LogP contribution in [0.5, 0.6) is 11.6 Å². The highest BCUT2D eigenvalue weighted by atomic mass is 32.2. The molecule has 0 spiro atoms. The number of sulfonamides is 1. The summed E-state index contributed by atoms with van der Waals surface area (Å²) in [5.41, 5.74) is -3.98. The molecule has 0 radical (unpaired) electrons. The first-order valence-corrected chi connectivity index (χ1v) is 20.8. The molecule has 0 unspecified atom stereocenters. The minimum atomic E-state index is -4.45. The quantitative estimate of drug-likeness (QED) is 0.277. The van der Waals surface area contributed by atoms with Gasteiger partial charge in [-0.1, -0.05) is 37.3 Å². The Labute approximate surface area is 334 Å². The van der Waals surface area contributed by atoms with Crippen molar-refractivity contribution in [1.29, 1.82) is 0 Å². The minimum absolute atomic E-state index is 0.0154. The maximum absolute atomic E-state index is 14.8. The smallest absolute Gasteiger partial charge is 0.408 e. The number of carbonyl (C=O) groups is 4. The number of alkyl halides is 3. The van der Waals surface area contributed by atoms with Crippen LogP contribution in [0.4, 0.5) is 18.0 Å². The van der Waals surface area contributed by atoms with Gasteiger partial charge in [0.1, 0.15) is 40.9 Å². The van der Waals surface area contributed by atoms with E-state index in [1.807, 2.05) is 4.72 Å². The molecule has 3 N–H and O–H groups in total. The fourth-order valence-corrected chi connectivity index (χ4v) is 8.88. The summed E-state index contributed by atoms with van der Waals surface area (Å²) in [6.07, 6.45) is -0.917. The number of amides is 4. The molecule has 3 heterocycles. The third kappa shape index (κ3) is 8.56. The van der Waals surface area contributed by atoms with Gasteiger partial charge in [-0.2, -0.15) is 0 Å². The molecule has 1 aromatic heterocycles. The third-order valence-electron chi connectivity index (χ3n) is 11.4. The van der Waals surface area contributed by atoms with Gasteiger partial charge >= 0.3 is 6.09 Å². The molecule has 3 fully saturated rings. The average molecular weight is 838 g/mol. The van der Waals surface area contributed by atoms with Crippen LogP contribution in [0.2, 0.25) is 0 Å². The van der Waals surface area contributed by atoms with Gasteiger partial charge in [0, 0.05) is 23.1 Å². The van der Waals surface area contributed by atoms with Crippen LogP contribution in [-0.4, -0.2) is 115 Å². The molecular formula is C39H50F3N5O10S. The van der Waals surface area contributed by atoms with Gasteiger partial charge in [-0.3, -0.25) is 19.1 Å². The summed E-state index contributed by atoms with van der Waals surface area (Å²) in [5, 5.41) is 6.42. The van der Waals surface area contributed by atoms with Gasteiger partial charge in [-0.25, -0.2) is 31.4 Å². The van der Waals surface area contributed by atoms with Crippen molar-refractivity contribution in [2.75, 3.05) is 20.3 Å². The van der Waals surface area contributed by atoms with E-state index in [0.717, 1.165) is 18.7 Å². The largest absolute Gasteiger partial charge is 0.494 e. The fourth-order valence-electron chi connectivity index (χ4n) is 7.45. The molecule has 4 amide bonds. The zero-order chi connectivity index (χ0) is 42.2. The molecule has 6 rings (SSSR count). The summed E-state index contributed by atoms with van der Waals surface area (Å²) < 4.78 is 91.2. The summed E-state index contributed by atoms with van der Waals surface area (Å²) in [7, 11) is -2.96. The first kappa shape index (κ1) is 42.9. The van der Waals surface area contributed by atoms with E-state index in [1.54, 1.807) is 50.3 Å². The van der Waals surface area contributed by atoms with Crippen molar-refractivity contribution in [2.24, 2.45) is 5.92 Å². The SMILES string of the molecule is CC[C@@H]1O[C@@H](C)CC/C=C\[C@@H]2C[C@@]2(C(=O)NS(=O)(=O)C2(CF)CC2)NC(=O)[C@@H]2C[C@@H](Oc3ncc(OC)c4ccccc34)CN2C(=O)[C@H]1NC(=O)OC(C)(C)C(F)F. The van der Waals surface area contributed by atoms with E-state index >= 15 is 0 Å². The van der Waals surface area contributed by atoms with Crippen molar-refractivity contribution in [1.82, 2.24) is 25.2 Å². The second-order valence-corrected chi connectivity index (χ2v) is 18.1. The highest BCUT2D eigenvalue weighted by Gasteiger charge is 2.64. The van der Waals surface area contributed by atoms with E-state index in [1.165, 1.54) is 13.3 Å².